The lowest BCUT2D eigenvalue weighted by molar-refractivity contribution is 0.759. The molecule has 2 N–H and O–H groups in total. The lowest BCUT2D eigenvalue weighted by Gasteiger charge is -2.30. The van der Waals surface area contributed by atoms with Crippen molar-refractivity contribution in [3.05, 3.63) is 41.5 Å². The van der Waals surface area contributed by atoms with Gasteiger partial charge in [0, 0.05) is 24.8 Å². The summed E-state index contributed by atoms with van der Waals surface area (Å²) in [4.78, 5) is 2.41. The van der Waals surface area contributed by atoms with Crippen molar-refractivity contribution in [2.75, 3.05) is 18.0 Å². The summed E-state index contributed by atoms with van der Waals surface area (Å²) < 4.78 is 0. The molecule has 0 fully saturated rings. The third kappa shape index (κ3) is 2.27. The van der Waals surface area contributed by atoms with Gasteiger partial charge < -0.3 is 10.6 Å². The van der Waals surface area contributed by atoms with Crippen LogP contribution in [0.4, 0.5) is 5.69 Å². The van der Waals surface area contributed by atoms with E-state index in [4.69, 9.17) is 5.73 Å². The number of hydrogen-bond donors (Lipinski definition) is 1. The van der Waals surface area contributed by atoms with Crippen LogP contribution in [-0.4, -0.2) is 13.1 Å². The highest BCUT2D eigenvalue weighted by Crippen LogP contribution is 2.27. The lowest BCUT2D eigenvalue weighted by Crippen LogP contribution is -2.29. The lowest BCUT2D eigenvalue weighted by atomic mass is 10.0. The Morgan fingerprint density at radius 3 is 2.69 bits per heavy atom. The van der Waals surface area contributed by atoms with Crippen molar-refractivity contribution in [3.8, 4) is 0 Å². The van der Waals surface area contributed by atoms with Crippen LogP contribution in [0, 0.1) is 0 Å². The fourth-order valence-electron chi connectivity index (χ4n) is 2.15. The minimum absolute atomic E-state index is 0.100. The molecule has 0 aliphatic carbocycles. The molecule has 0 unspecified atom stereocenters. The standard InChI is InChI=1S/C14H20N2/c1-11-7-9-16(10-8-11)14-6-4-3-5-13(14)12(2)15/h3-7,12H,8-10,15H2,1-2H3/t12-/m0/s1. The van der Waals surface area contributed by atoms with Crippen LogP contribution < -0.4 is 10.6 Å². The number of rotatable bonds is 2. The molecule has 1 atom stereocenters. The van der Waals surface area contributed by atoms with E-state index in [1.165, 1.54) is 16.8 Å². The van der Waals surface area contributed by atoms with E-state index >= 15 is 0 Å². The first-order valence-electron chi connectivity index (χ1n) is 5.93. The van der Waals surface area contributed by atoms with E-state index < -0.39 is 0 Å². The second-order valence-electron chi connectivity index (χ2n) is 4.59. The van der Waals surface area contributed by atoms with Crippen LogP contribution in [-0.2, 0) is 0 Å². The van der Waals surface area contributed by atoms with Gasteiger partial charge in [-0.15, -0.1) is 0 Å². The quantitative estimate of drug-likeness (QED) is 0.770. The first-order valence-corrected chi connectivity index (χ1v) is 5.93. The Bertz CT molecular complexity index is 393. The first-order chi connectivity index (χ1) is 7.68. The van der Waals surface area contributed by atoms with Gasteiger partial charge in [-0.05, 0) is 31.9 Å². The van der Waals surface area contributed by atoms with E-state index in [0.29, 0.717) is 0 Å². The van der Waals surface area contributed by atoms with Gasteiger partial charge in [0.15, 0.2) is 0 Å². The Morgan fingerprint density at radius 1 is 1.31 bits per heavy atom. The van der Waals surface area contributed by atoms with E-state index in [9.17, 15) is 0 Å². The average Bonchev–Trinajstić information content (AvgIpc) is 2.30. The van der Waals surface area contributed by atoms with Crippen molar-refractivity contribution in [3.63, 3.8) is 0 Å². The van der Waals surface area contributed by atoms with Crippen molar-refractivity contribution in [2.45, 2.75) is 26.3 Å². The van der Waals surface area contributed by atoms with Gasteiger partial charge in [-0.2, -0.15) is 0 Å². The number of para-hydroxylation sites is 1. The zero-order chi connectivity index (χ0) is 11.5. The van der Waals surface area contributed by atoms with Crippen molar-refractivity contribution < 1.29 is 0 Å². The summed E-state index contributed by atoms with van der Waals surface area (Å²) in [6, 6.07) is 8.56. The molecule has 0 radical (unpaired) electrons. The number of nitrogens with two attached hydrogens (primary N) is 1. The van der Waals surface area contributed by atoms with E-state index in [1.54, 1.807) is 0 Å². The van der Waals surface area contributed by atoms with E-state index in [1.807, 2.05) is 6.92 Å². The highest BCUT2D eigenvalue weighted by molar-refractivity contribution is 5.56. The fourth-order valence-corrected chi connectivity index (χ4v) is 2.15. The molecule has 2 rings (SSSR count). The highest BCUT2D eigenvalue weighted by Gasteiger charge is 2.14. The topological polar surface area (TPSA) is 29.3 Å². The van der Waals surface area contributed by atoms with Crippen LogP contribution in [0.3, 0.4) is 0 Å². The SMILES string of the molecule is CC1=CCN(c2ccccc2[C@H](C)N)CC1. The number of benzene rings is 1. The Morgan fingerprint density at radius 2 is 2.06 bits per heavy atom. The monoisotopic (exact) mass is 216 g/mol. The largest absolute Gasteiger partial charge is 0.367 e. The van der Waals surface area contributed by atoms with Crippen LogP contribution in [0.25, 0.3) is 0 Å². The summed E-state index contributed by atoms with van der Waals surface area (Å²) in [6.45, 7) is 6.36. The van der Waals surface area contributed by atoms with Crippen LogP contribution in [0.5, 0.6) is 0 Å². The Hall–Kier alpha value is -1.28. The van der Waals surface area contributed by atoms with Crippen molar-refractivity contribution in [1.82, 2.24) is 0 Å². The summed E-state index contributed by atoms with van der Waals surface area (Å²) in [6.07, 6.45) is 3.47. The average molecular weight is 216 g/mol. The molecule has 16 heavy (non-hydrogen) atoms. The molecule has 86 valence electrons. The van der Waals surface area contributed by atoms with Gasteiger partial charge >= 0.3 is 0 Å². The summed E-state index contributed by atoms with van der Waals surface area (Å²) in [5.74, 6) is 0. The molecule has 0 bridgehead atoms. The molecule has 2 nitrogen and oxygen atoms in total. The third-order valence-corrected chi connectivity index (χ3v) is 3.20. The maximum Gasteiger partial charge on any atom is 0.0417 e. The molecule has 0 amide bonds. The Kier molecular flexibility index (Phi) is 3.30. The van der Waals surface area contributed by atoms with Crippen molar-refractivity contribution in [1.29, 1.82) is 0 Å². The Labute approximate surface area is 97.8 Å². The molecule has 0 saturated heterocycles. The number of anilines is 1. The molecule has 0 saturated carbocycles. The second kappa shape index (κ2) is 4.71. The zero-order valence-corrected chi connectivity index (χ0v) is 10.1. The molecule has 1 aliphatic heterocycles. The van der Waals surface area contributed by atoms with Crippen LogP contribution in [0.1, 0.15) is 31.9 Å². The summed E-state index contributed by atoms with van der Waals surface area (Å²) >= 11 is 0. The third-order valence-electron chi connectivity index (χ3n) is 3.20. The molecule has 1 aromatic rings. The second-order valence-corrected chi connectivity index (χ2v) is 4.59. The predicted octanol–water partition coefficient (Wildman–Crippen LogP) is 2.86. The van der Waals surface area contributed by atoms with Gasteiger partial charge in [-0.1, -0.05) is 29.8 Å². The van der Waals surface area contributed by atoms with Gasteiger partial charge in [0.2, 0.25) is 0 Å². The maximum atomic E-state index is 6.01. The van der Waals surface area contributed by atoms with E-state index in [2.05, 4.69) is 42.2 Å². The van der Waals surface area contributed by atoms with Gasteiger partial charge in [0.25, 0.3) is 0 Å². The molecular formula is C14H20N2. The minimum atomic E-state index is 0.100. The van der Waals surface area contributed by atoms with Gasteiger partial charge in [-0.25, -0.2) is 0 Å². The molecule has 1 aromatic carbocycles. The van der Waals surface area contributed by atoms with E-state index in [0.717, 1.165) is 19.5 Å². The first kappa shape index (κ1) is 11.2. The number of nitrogens with zero attached hydrogens (tertiary/aromatic N) is 1. The number of hydrogen-bond acceptors (Lipinski definition) is 2. The van der Waals surface area contributed by atoms with Gasteiger partial charge in [0.05, 0.1) is 0 Å². The predicted molar refractivity (Wildman–Crippen MR) is 69.6 cm³/mol. The van der Waals surface area contributed by atoms with Gasteiger partial charge in [-0.3, -0.25) is 0 Å². The summed E-state index contributed by atoms with van der Waals surface area (Å²) in [5, 5.41) is 0. The molecule has 0 aromatic heterocycles. The van der Waals surface area contributed by atoms with Crippen LogP contribution >= 0.6 is 0 Å². The summed E-state index contributed by atoms with van der Waals surface area (Å²) in [7, 11) is 0. The van der Waals surface area contributed by atoms with Crippen LogP contribution in [0.2, 0.25) is 0 Å². The van der Waals surface area contributed by atoms with E-state index in [-0.39, 0.29) is 6.04 Å². The fraction of sp³-hybridized carbons (Fsp3) is 0.429. The van der Waals surface area contributed by atoms with Crippen molar-refractivity contribution >= 4 is 5.69 Å². The maximum absolute atomic E-state index is 6.01. The minimum Gasteiger partial charge on any atom is -0.367 e. The van der Waals surface area contributed by atoms with Crippen LogP contribution in [0.15, 0.2) is 35.9 Å². The molecule has 1 aliphatic rings. The molecule has 2 heteroatoms. The molecule has 1 heterocycles. The molecule has 0 spiro atoms. The zero-order valence-electron chi connectivity index (χ0n) is 10.1. The smallest absolute Gasteiger partial charge is 0.0417 e. The molecular weight excluding hydrogens is 196 g/mol. The van der Waals surface area contributed by atoms with Gasteiger partial charge in [0.1, 0.15) is 0 Å². The van der Waals surface area contributed by atoms with Crippen molar-refractivity contribution in [2.24, 2.45) is 5.73 Å². The summed E-state index contributed by atoms with van der Waals surface area (Å²) in [5.41, 5.74) is 10.0. The Balaban J connectivity index is 2.27. The normalized spacial score (nSPS) is 18.2. The highest BCUT2D eigenvalue weighted by atomic mass is 15.1.